The molecule has 0 radical (unpaired) electrons. The SMILES string of the molecule is COc1cccc2c1C=[N+](c1ccc(O)cc1)CC2.[Br-]. The van der Waals surface area contributed by atoms with Crippen LogP contribution in [0.3, 0.4) is 0 Å². The van der Waals surface area contributed by atoms with Crippen LogP contribution in [0.5, 0.6) is 11.5 Å². The largest absolute Gasteiger partial charge is 1.00 e. The summed E-state index contributed by atoms with van der Waals surface area (Å²) in [6.07, 6.45) is 3.11. The van der Waals surface area contributed by atoms with Gasteiger partial charge >= 0.3 is 0 Å². The minimum absolute atomic E-state index is 0. The van der Waals surface area contributed by atoms with Crippen LogP contribution in [0.25, 0.3) is 0 Å². The normalized spacial score (nSPS) is 12.9. The topological polar surface area (TPSA) is 32.5 Å². The van der Waals surface area contributed by atoms with Crippen LogP contribution in [0.1, 0.15) is 11.1 Å². The van der Waals surface area contributed by atoms with Gasteiger partial charge in [-0.05, 0) is 23.8 Å². The maximum atomic E-state index is 9.35. The van der Waals surface area contributed by atoms with E-state index < -0.39 is 0 Å². The number of phenolic OH excluding ortho intramolecular Hbond substituents is 1. The third-order valence-electron chi connectivity index (χ3n) is 3.46. The van der Waals surface area contributed by atoms with E-state index in [1.165, 1.54) is 5.56 Å². The van der Waals surface area contributed by atoms with Gasteiger partial charge < -0.3 is 26.8 Å². The van der Waals surface area contributed by atoms with Gasteiger partial charge in [0, 0.05) is 18.6 Å². The Hall–Kier alpha value is -1.81. The minimum atomic E-state index is 0. The number of aromatic hydroxyl groups is 1. The number of halogens is 1. The van der Waals surface area contributed by atoms with Gasteiger partial charge in [0.2, 0.25) is 5.69 Å². The van der Waals surface area contributed by atoms with Crippen LogP contribution < -0.4 is 21.7 Å². The second-order valence-electron chi connectivity index (χ2n) is 4.62. The molecule has 0 spiro atoms. The first-order valence-corrected chi connectivity index (χ1v) is 6.34. The van der Waals surface area contributed by atoms with Crippen LogP contribution in [-0.4, -0.2) is 29.6 Å². The maximum absolute atomic E-state index is 9.35. The van der Waals surface area contributed by atoms with Crippen molar-refractivity contribution < 1.29 is 31.4 Å². The highest BCUT2D eigenvalue weighted by atomic mass is 79.9. The average molecular weight is 334 g/mol. The molecule has 3 rings (SSSR count). The standard InChI is InChI=1S/C16H15NO2.BrH/c1-19-16-4-2-3-12-9-10-17(11-15(12)16)13-5-7-14(18)8-6-13;/h2-8,11H,9-10H2,1H3;1H. The fourth-order valence-corrected chi connectivity index (χ4v) is 2.44. The summed E-state index contributed by atoms with van der Waals surface area (Å²) >= 11 is 0. The molecule has 1 aliphatic rings. The molecule has 0 aromatic heterocycles. The molecule has 0 aliphatic carbocycles. The molecule has 20 heavy (non-hydrogen) atoms. The monoisotopic (exact) mass is 333 g/mol. The summed E-state index contributed by atoms with van der Waals surface area (Å²) in [7, 11) is 1.70. The number of rotatable bonds is 2. The van der Waals surface area contributed by atoms with Crippen LogP contribution in [0.4, 0.5) is 5.69 Å². The summed E-state index contributed by atoms with van der Waals surface area (Å²) in [4.78, 5) is 0. The molecule has 0 atom stereocenters. The molecule has 4 heteroatoms. The van der Waals surface area contributed by atoms with Crippen molar-refractivity contribution in [2.24, 2.45) is 0 Å². The van der Waals surface area contributed by atoms with Gasteiger partial charge in [-0.1, -0.05) is 12.1 Å². The molecule has 0 bridgehead atoms. The van der Waals surface area contributed by atoms with E-state index in [-0.39, 0.29) is 17.0 Å². The van der Waals surface area contributed by atoms with Crippen LogP contribution in [0.15, 0.2) is 42.5 Å². The van der Waals surface area contributed by atoms with E-state index in [0.717, 1.165) is 30.0 Å². The minimum Gasteiger partial charge on any atom is -1.00 e. The van der Waals surface area contributed by atoms with Crippen molar-refractivity contribution in [3.8, 4) is 11.5 Å². The second-order valence-corrected chi connectivity index (χ2v) is 4.62. The third kappa shape index (κ3) is 2.70. The molecule has 0 amide bonds. The molecule has 0 saturated carbocycles. The first-order chi connectivity index (χ1) is 9.28. The lowest BCUT2D eigenvalue weighted by Gasteiger charge is -2.14. The Balaban J connectivity index is 0.00000147. The Morgan fingerprint density at radius 3 is 2.55 bits per heavy atom. The number of phenols is 1. The van der Waals surface area contributed by atoms with Crippen LogP contribution in [-0.2, 0) is 6.42 Å². The Labute approximate surface area is 128 Å². The van der Waals surface area contributed by atoms with E-state index in [9.17, 15) is 5.11 Å². The molecule has 3 nitrogen and oxygen atoms in total. The second kappa shape index (κ2) is 6.09. The molecule has 1 N–H and O–H groups in total. The molecule has 0 saturated heterocycles. The Kier molecular flexibility index (Phi) is 4.45. The van der Waals surface area contributed by atoms with E-state index in [1.807, 2.05) is 24.3 Å². The first kappa shape index (κ1) is 14.6. The van der Waals surface area contributed by atoms with Gasteiger partial charge in [-0.15, -0.1) is 0 Å². The lowest BCUT2D eigenvalue weighted by Crippen LogP contribution is -3.00. The number of fused-ring (bicyclic) bond motifs is 1. The maximum Gasteiger partial charge on any atom is 0.205 e. The molecular weight excluding hydrogens is 318 g/mol. The quantitative estimate of drug-likeness (QED) is 0.767. The molecule has 0 fully saturated rings. The van der Waals surface area contributed by atoms with Gasteiger partial charge in [0.1, 0.15) is 11.5 Å². The number of methoxy groups -OCH3 is 1. The third-order valence-corrected chi connectivity index (χ3v) is 3.46. The molecule has 2 aromatic rings. The zero-order chi connectivity index (χ0) is 13.2. The molecule has 1 heterocycles. The molecular formula is C16H16BrNO2. The Morgan fingerprint density at radius 1 is 1.10 bits per heavy atom. The predicted octanol–water partition coefficient (Wildman–Crippen LogP) is -0.276. The summed E-state index contributed by atoms with van der Waals surface area (Å²) in [6, 6.07) is 13.4. The molecule has 1 aliphatic heterocycles. The van der Waals surface area contributed by atoms with Crippen molar-refractivity contribution in [2.75, 3.05) is 13.7 Å². The van der Waals surface area contributed by atoms with Crippen molar-refractivity contribution >= 4 is 11.9 Å². The fraction of sp³-hybridized carbons (Fsp3) is 0.188. The van der Waals surface area contributed by atoms with Gasteiger partial charge in [-0.2, -0.15) is 4.58 Å². The van der Waals surface area contributed by atoms with Gasteiger partial charge in [0.15, 0.2) is 12.8 Å². The highest BCUT2D eigenvalue weighted by Crippen LogP contribution is 2.26. The van der Waals surface area contributed by atoms with Gasteiger partial charge in [-0.3, -0.25) is 0 Å². The number of benzene rings is 2. The molecule has 2 aromatic carbocycles. The van der Waals surface area contributed by atoms with E-state index in [2.05, 4.69) is 16.9 Å². The summed E-state index contributed by atoms with van der Waals surface area (Å²) in [5.74, 6) is 1.19. The van der Waals surface area contributed by atoms with E-state index in [4.69, 9.17) is 4.74 Å². The Bertz CT molecular complexity index is 635. The number of ether oxygens (including phenoxy) is 1. The number of hydrogen-bond acceptors (Lipinski definition) is 2. The first-order valence-electron chi connectivity index (χ1n) is 6.34. The van der Waals surface area contributed by atoms with Crippen molar-refractivity contribution in [3.05, 3.63) is 53.6 Å². The van der Waals surface area contributed by atoms with Crippen molar-refractivity contribution in [1.82, 2.24) is 0 Å². The fourth-order valence-electron chi connectivity index (χ4n) is 2.44. The van der Waals surface area contributed by atoms with Crippen molar-refractivity contribution in [2.45, 2.75) is 6.42 Å². The van der Waals surface area contributed by atoms with E-state index in [0.29, 0.717) is 5.75 Å². The van der Waals surface area contributed by atoms with Gasteiger partial charge in [-0.25, -0.2) is 0 Å². The number of hydrogen-bond donors (Lipinski definition) is 1. The summed E-state index contributed by atoms with van der Waals surface area (Å²) in [5, 5.41) is 9.35. The summed E-state index contributed by atoms with van der Waals surface area (Å²) in [6.45, 7) is 0.935. The smallest absolute Gasteiger partial charge is 0.205 e. The highest BCUT2D eigenvalue weighted by Gasteiger charge is 2.20. The average Bonchev–Trinajstić information content (AvgIpc) is 2.47. The highest BCUT2D eigenvalue weighted by molar-refractivity contribution is 5.83. The number of nitrogens with zero attached hydrogens (tertiary/aromatic N) is 1. The van der Waals surface area contributed by atoms with Crippen LogP contribution in [0, 0.1) is 0 Å². The van der Waals surface area contributed by atoms with E-state index in [1.54, 1.807) is 19.2 Å². The van der Waals surface area contributed by atoms with Crippen molar-refractivity contribution in [3.63, 3.8) is 0 Å². The predicted molar refractivity (Wildman–Crippen MR) is 74.8 cm³/mol. The van der Waals surface area contributed by atoms with Crippen LogP contribution in [0.2, 0.25) is 0 Å². The summed E-state index contributed by atoms with van der Waals surface area (Å²) < 4.78 is 7.60. The molecule has 104 valence electrons. The van der Waals surface area contributed by atoms with Crippen molar-refractivity contribution in [1.29, 1.82) is 0 Å². The Morgan fingerprint density at radius 2 is 1.85 bits per heavy atom. The van der Waals surface area contributed by atoms with Crippen LogP contribution >= 0.6 is 0 Å². The lowest BCUT2D eigenvalue weighted by atomic mass is 10.0. The molecule has 0 unspecified atom stereocenters. The zero-order valence-corrected chi connectivity index (χ0v) is 12.8. The summed E-state index contributed by atoms with van der Waals surface area (Å²) in [5.41, 5.74) is 3.54. The van der Waals surface area contributed by atoms with Gasteiger partial charge in [0.25, 0.3) is 0 Å². The van der Waals surface area contributed by atoms with Gasteiger partial charge in [0.05, 0.1) is 12.7 Å². The lowest BCUT2D eigenvalue weighted by molar-refractivity contribution is -0.436. The van der Waals surface area contributed by atoms with E-state index >= 15 is 0 Å². The zero-order valence-electron chi connectivity index (χ0n) is 11.2.